The molecule has 0 aliphatic heterocycles. The van der Waals surface area contributed by atoms with E-state index in [0.29, 0.717) is 12.2 Å². The van der Waals surface area contributed by atoms with Crippen LogP contribution in [0.5, 0.6) is 5.75 Å². The lowest BCUT2D eigenvalue weighted by atomic mass is 10.2. The van der Waals surface area contributed by atoms with Crippen molar-refractivity contribution >= 4 is 5.91 Å². The van der Waals surface area contributed by atoms with Crippen LogP contribution in [0.2, 0.25) is 0 Å². The minimum atomic E-state index is -0.521. The second-order valence-corrected chi connectivity index (χ2v) is 3.00. The maximum absolute atomic E-state index is 11.4. The van der Waals surface area contributed by atoms with Gasteiger partial charge in [-0.3, -0.25) is 9.63 Å². The van der Waals surface area contributed by atoms with Gasteiger partial charge in [0.05, 0.1) is 7.11 Å². The molecule has 1 aromatic carbocycles. The van der Waals surface area contributed by atoms with Crippen LogP contribution in [0.15, 0.2) is 30.3 Å². The number of carbonyl (C=O) groups is 1. The third-order valence-corrected chi connectivity index (χ3v) is 1.89. The Labute approximate surface area is 89.1 Å². The second-order valence-electron chi connectivity index (χ2n) is 3.00. The number of nitrogens with one attached hydrogen (secondary N) is 1. The Hall–Kier alpha value is -1.55. The quantitative estimate of drug-likeness (QED) is 0.748. The maximum Gasteiger partial charge on any atom is 0.284 e. The van der Waals surface area contributed by atoms with E-state index < -0.39 is 6.10 Å². The molecule has 0 aliphatic carbocycles. The normalized spacial score (nSPS) is 11.9. The molecule has 1 N–H and O–H groups in total. The van der Waals surface area contributed by atoms with Gasteiger partial charge < -0.3 is 4.74 Å². The predicted octanol–water partition coefficient (Wildman–Crippen LogP) is 1.52. The Morgan fingerprint density at radius 1 is 1.40 bits per heavy atom. The van der Waals surface area contributed by atoms with Gasteiger partial charge in [0.15, 0.2) is 6.10 Å². The third kappa shape index (κ3) is 3.59. The van der Waals surface area contributed by atoms with Crippen molar-refractivity contribution in [3.05, 3.63) is 30.3 Å². The largest absolute Gasteiger partial charge is 0.481 e. The van der Waals surface area contributed by atoms with Gasteiger partial charge in [-0.15, -0.1) is 0 Å². The first-order valence-electron chi connectivity index (χ1n) is 4.82. The van der Waals surface area contributed by atoms with Crippen LogP contribution in [0.3, 0.4) is 0 Å². The SMILES string of the molecule is CCC(Oc1ccccc1)C(=O)NOC. The number of hydroxylamine groups is 1. The van der Waals surface area contributed by atoms with E-state index in [4.69, 9.17) is 4.74 Å². The van der Waals surface area contributed by atoms with Crippen molar-refractivity contribution in [2.75, 3.05) is 7.11 Å². The van der Waals surface area contributed by atoms with Crippen LogP contribution in [0, 0.1) is 0 Å². The fourth-order valence-corrected chi connectivity index (χ4v) is 1.15. The van der Waals surface area contributed by atoms with Gasteiger partial charge >= 0.3 is 0 Å². The average molecular weight is 209 g/mol. The molecule has 1 rings (SSSR count). The van der Waals surface area contributed by atoms with E-state index in [-0.39, 0.29) is 5.91 Å². The molecule has 0 radical (unpaired) electrons. The van der Waals surface area contributed by atoms with E-state index in [2.05, 4.69) is 10.3 Å². The first-order chi connectivity index (χ1) is 7.27. The third-order valence-electron chi connectivity index (χ3n) is 1.89. The topological polar surface area (TPSA) is 47.6 Å². The van der Waals surface area contributed by atoms with Crippen LogP contribution in [-0.2, 0) is 9.63 Å². The number of para-hydroxylation sites is 1. The molecular formula is C11H15NO3. The van der Waals surface area contributed by atoms with Gasteiger partial charge in [0.1, 0.15) is 5.75 Å². The van der Waals surface area contributed by atoms with Gasteiger partial charge in [0.2, 0.25) is 0 Å². The monoisotopic (exact) mass is 209 g/mol. The fraction of sp³-hybridized carbons (Fsp3) is 0.364. The summed E-state index contributed by atoms with van der Waals surface area (Å²) in [6, 6.07) is 9.22. The number of rotatable bonds is 5. The van der Waals surface area contributed by atoms with Gasteiger partial charge in [-0.25, -0.2) is 5.48 Å². The second kappa shape index (κ2) is 6.03. The van der Waals surface area contributed by atoms with Gasteiger partial charge in [-0.2, -0.15) is 0 Å². The molecule has 1 amide bonds. The minimum absolute atomic E-state index is 0.274. The summed E-state index contributed by atoms with van der Waals surface area (Å²) in [6.07, 6.45) is 0.0664. The zero-order valence-corrected chi connectivity index (χ0v) is 8.90. The van der Waals surface area contributed by atoms with E-state index in [1.165, 1.54) is 7.11 Å². The number of hydrogen-bond donors (Lipinski definition) is 1. The molecule has 1 aromatic rings. The van der Waals surface area contributed by atoms with Crippen molar-refractivity contribution in [2.24, 2.45) is 0 Å². The molecule has 82 valence electrons. The highest BCUT2D eigenvalue weighted by Crippen LogP contribution is 2.12. The zero-order chi connectivity index (χ0) is 11.1. The summed E-state index contributed by atoms with van der Waals surface area (Å²) in [4.78, 5) is 16.0. The van der Waals surface area contributed by atoms with Crippen molar-refractivity contribution in [1.82, 2.24) is 5.48 Å². The van der Waals surface area contributed by atoms with Gasteiger partial charge in [-0.1, -0.05) is 25.1 Å². The maximum atomic E-state index is 11.4. The van der Waals surface area contributed by atoms with Crippen LogP contribution in [-0.4, -0.2) is 19.1 Å². The van der Waals surface area contributed by atoms with Crippen LogP contribution >= 0.6 is 0 Å². The minimum Gasteiger partial charge on any atom is -0.481 e. The first kappa shape index (κ1) is 11.5. The molecule has 4 nitrogen and oxygen atoms in total. The molecule has 0 heterocycles. The molecule has 0 saturated heterocycles. The lowest BCUT2D eigenvalue weighted by Gasteiger charge is -2.15. The zero-order valence-electron chi connectivity index (χ0n) is 8.90. The standard InChI is InChI=1S/C11H15NO3/c1-3-10(11(13)12-14-2)15-9-7-5-4-6-8-9/h4-8,10H,3H2,1-2H3,(H,12,13). The summed E-state index contributed by atoms with van der Waals surface area (Å²) >= 11 is 0. The Bertz CT molecular complexity index is 300. The van der Waals surface area contributed by atoms with Crippen molar-refractivity contribution < 1.29 is 14.4 Å². The number of hydrogen-bond acceptors (Lipinski definition) is 3. The Morgan fingerprint density at radius 3 is 2.60 bits per heavy atom. The van der Waals surface area contributed by atoms with Gasteiger partial charge in [-0.05, 0) is 18.6 Å². The molecule has 0 saturated carbocycles. The molecule has 15 heavy (non-hydrogen) atoms. The summed E-state index contributed by atoms with van der Waals surface area (Å²) in [5, 5.41) is 0. The van der Waals surface area contributed by atoms with E-state index in [9.17, 15) is 4.79 Å². The highest BCUT2D eigenvalue weighted by Gasteiger charge is 2.17. The smallest absolute Gasteiger partial charge is 0.284 e. The Morgan fingerprint density at radius 2 is 2.07 bits per heavy atom. The van der Waals surface area contributed by atoms with E-state index >= 15 is 0 Å². The summed E-state index contributed by atoms with van der Waals surface area (Å²) in [7, 11) is 1.40. The molecule has 1 unspecified atom stereocenters. The number of amides is 1. The lowest BCUT2D eigenvalue weighted by Crippen LogP contribution is -2.37. The average Bonchev–Trinajstić information content (AvgIpc) is 2.27. The van der Waals surface area contributed by atoms with Crippen LogP contribution in [0.4, 0.5) is 0 Å². The lowest BCUT2D eigenvalue weighted by molar-refractivity contribution is -0.138. The van der Waals surface area contributed by atoms with Crippen molar-refractivity contribution in [1.29, 1.82) is 0 Å². The summed E-state index contributed by atoms with van der Waals surface area (Å²) in [6.45, 7) is 1.88. The molecule has 4 heteroatoms. The van der Waals surface area contributed by atoms with E-state index in [1.807, 2.05) is 37.3 Å². The molecule has 1 atom stereocenters. The Balaban J connectivity index is 2.58. The molecule has 0 fully saturated rings. The van der Waals surface area contributed by atoms with Crippen LogP contribution in [0.25, 0.3) is 0 Å². The van der Waals surface area contributed by atoms with Crippen LogP contribution in [0.1, 0.15) is 13.3 Å². The summed E-state index contributed by atoms with van der Waals surface area (Å²) in [5.74, 6) is 0.402. The summed E-state index contributed by atoms with van der Waals surface area (Å²) in [5.41, 5.74) is 2.25. The van der Waals surface area contributed by atoms with Crippen LogP contribution < -0.4 is 10.2 Å². The van der Waals surface area contributed by atoms with E-state index in [0.717, 1.165) is 0 Å². The van der Waals surface area contributed by atoms with Gasteiger partial charge in [0, 0.05) is 0 Å². The van der Waals surface area contributed by atoms with Crippen molar-refractivity contribution in [2.45, 2.75) is 19.4 Å². The van der Waals surface area contributed by atoms with Crippen molar-refractivity contribution in [3.63, 3.8) is 0 Å². The fourth-order valence-electron chi connectivity index (χ4n) is 1.15. The number of carbonyl (C=O) groups excluding carboxylic acids is 1. The summed E-state index contributed by atoms with van der Waals surface area (Å²) < 4.78 is 5.49. The first-order valence-corrected chi connectivity index (χ1v) is 4.82. The highest BCUT2D eigenvalue weighted by molar-refractivity contribution is 5.80. The highest BCUT2D eigenvalue weighted by atomic mass is 16.6. The number of benzene rings is 1. The van der Waals surface area contributed by atoms with E-state index in [1.54, 1.807) is 0 Å². The predicted molar refractivity (Wildman–Crippen MR) is 56.3 cm³/mol. The van der Waals surface area contributed by atoms with Gasteiger partial charge in [0.25, 0.3) is 5.91 Å². The molecule has 0 aliphatic rings. The Kier molecular flexibility index (Phi) is 4.63. The van der Waals surface area contributed by atoms with Crippen molar-refractivity contribution in [3.8, 4) is 5.75 Å². The molecular weight excluding hydrogens is 194 g/mol. The molecule has 0 aromatic heterocycles. The molecule has 0 bridgehead atoms. The number of ether oxygens (including phenoxy) is 1. The molecule has 0 spiro atoms.